The van der Waals surface area contributed by atoms with Crippen LogP contribution in [0, 0.1) is 17.2 Å². The van der Waals surface area contributed by atoms with Crippen LogP contribution in [0.15, 0.2) is 30.5 Å². The largest absolute Gasteiger partial charge is 0.443 e. The lowest BCUT2D eigenvalue weighted by atomic mass is 9.83. The van der Waals surface area contributed by atoms with Crippen molar-refractivity contribution in [3.8, 4) is 17.3 Å². The summed E-state index contributed by atoms with van der Waals surface area (Å²) in [6, 6.07) is 9.68. The number of nitriles is 1. The molecule has 11 nitrogen and oxygen atoms in total. The smallest absolute Gasteiger partial charge is 0.414 e. The molecule has 0 bridgehead atoms. The molecule has 0 aliphatic carbocycles. The molecule has 252 valence electrons. The zero-order valence-corrected chi connectivity index (χ0v) is 30.7. The van der Waals surface area contributed by atoms with E-state index in [1.807, 2.05) is 31.5 Å². The average Bonchev–Trinajstić information content (AvgIpc) is 3.69. The molecular weight excluding hydrogens is 634 g/mol. The zero-order chi connectivity index (χ0) is 34.4. The minimum absolute atomic E-state index is 0.00412. The number of aromatic nitrogens is 4. The van der Waals surface area contributed by atoms with Gasteiger partial charge in [-0.15, -0.1) is 0 Å². The molecule has 2 aromatic heterocycles. The molecule has 5 rings (SSSR count). The SMILES string of the molecule is CC(C)(C)OC(=O)N1C[C@](C)(CO[Si](C)(C)C(C)(C)C)c2cc(-c3ccnc(Nc4cc(Cl)nn4C[C@@H]4CCOC4)n3)cc(C#N)c21. The number of nitrogens with one attached hydrogen (secondary N) is 1. The molecule has 3 aromatic rings. The van der Waals surface area contributed by atoms with Crippen molar-refractivity contribution in [1.82, 2.24) is 19.7 Å². The average molecular weight is 680 g/mol. The molecule has 2 aliphatic heterocycles. The molecule has 0 spiro atoms. The summed E-state index contributed by atoms with van der Waals surface area (Å²) >= 11 is 6.29. The van der Waals surface area contributed by atoms with E-state index >= 15 is 0 Å². The van der Waals surface area contributed by atoms with Gasteiger partial charge in [-0.05, 0) is 69.1 Å². The van der Waals surface area contributed by atoms with Crippen LogP contribution in [-0.2, 0) is 25.9 Å². The van der Waals surface area contributed by atoms with E-state index in [-0.39, 0.29) is 5.04 Å². The second-order valence-corrected chi connectivity index (χ2v) is 20.6. The van der Waals surface area contributed by atoms with E-state index in [0.717, 1.165) is 24.2 Å². The maximum atomic E-state index is 13.6. The lowest BCUT2D eigenvalue weighted by Gasteiger charge is -2.39. The van der Waals surface area contributed by atoms with Crippen LogP contribution in [0.1, 0.15) is 66.0 Å². The Bertz CT molecular complexity index is 1680. The summed E-state index contributed by atoms with van der Waals surface area (Å²) in [6.07, 6.45) is 2.14. The fourth-order valence-electron chi connectivity index (χ4n) is 5.58. The third-order valence-electron chi connectivity index (χ3n) is 9.23. The number of nitrogens with zero attached hydrogens (tertiary/aromatic N) is 6. The summed E-state index contributed by atoms with van der Waals surface area (Å²) in [6.45, 7) is 21.4. The molecule has 1 N–H and O–H groups in total. The second kappa shape index (κ2) is 12.8. The highest BCUT2D eigenvalue weighted by atomic mass is 35.5. The number of anilines is 3. The summed E-state index contributed by atoms with van der Waals surface area (Å²) in [5, 5.41) is 18.5. The Hall–Kier alpha value is -3.50. The Morgan fingerprint density at radius 2 is 1.98 bits per heavy atom. The van der Waals surface area contributed by atoms with Crippen LogP contribution in [0.3, 0.4) is 0 Å². The van der Waals surface area contributed by atoms with E-state index in [2.05, 4.69) is 62.3 Å². The first kappa shape index (κ1) is 34.8. The van der Waals surface area contributed by atoms with Gasteiger partial charge in [0.1, 0.15) is 17.5 Å². The first-order valence-corrected chi connectivity index (χ1v) is 19.3. The van der Waals surface area contributed by atoms with E-state index < -0.39 is 25.4 Å². The number of carbonyl (C=O) groups is 1. The molecule has 47 heavy (non-hydrogen) atoms. The number of benzene rings is 1. The van der Waals surface area contributed by atoms with Crippen molar-refractivity contribution in [2.75, 3.05) is 36.6 Å². The van der Waals surface area contributed by atoms with E-state index in [1.54, 1.807) is 29.3 Å². The number of hydrogen-bond donors (Lipinski definition) is 1. The summed E-state index contributed by atoms with van der Waals surface area (Å²) in [5.41, 5.74) is 1.79. The fourth-order valence-corrected chi connectivity index (χ4v) is 6.88. The zero-order valence-electron chi connectivity index (χ0n) is 28.9. The van der Waals surface area contributed by atoms with Gasteiger partial charge in [0, 0.05) is 55.5 Å². The van der Waals surface area contributed by atoms with Crippen molar-refractivity contribution >= 4 is 43.5 Å². The maximum Gasteiger partial charge on any atom is 0.414 e. The highest BCUT2D eigenvalue weighted by Crippen LogP contribution is 2.47. The van der Waals surface area contributed by atoms with Gasteiger partial charge < -0.3 is 19.2 Å². The predicted molar refractivity (Wildman–Crippen MR) is 186 cm³/mol. The molecule has 1 aromatic carbocycles. The molecule has 4 heterocycles. The maximum absolute atomic E-state index is 13.6. The van der Waals surface area contributed by atoms with Gasteiger partial charge in [0.2, 0.25) is 5.95 Å². The Labute approximate surface area is 283 Å². The summed E-state index contributed by atoms with van der Waals surface area (Å²) < 4.78 is 19.9. The Kier molecular flexibility index (Phi) is 9.51. The van der Waals surface area contributed by atoms with Crippen molar-refractivity contribution < 1.29 is 18.7 Å². The highest BCUT2D eigenvalue weighted by molar-refractivity contribution is 6.74. The van der Waals surface area contributed by atoms with Crippen molar-refractivity contribution in [1.29, 1.82) is 5.26 Å². The number of fused-ring (bicyclic) bond motifs is 1. The van der Waals surface area contributed by atoms with Crippen LogP contribution in [0.5, 0.6) is 0 Å². The number of halogens is 1. The Balaban J connectivity index is 1.52. The number of ether oxygens (including phenoxy) is 2. The summed E-state index contributed by atoms with van der Waals surface area (Å²) in [4.78, 5) is 24.4. The van der Waals surface area contributed by atoms with Gasteiger partial charge in [0.15, 0.2) is 13.5 Å². The minimum atomic E-state index is -2.14. The van der Waals surface area contributed by atoms with Gasteiger partial charge in [-0.1, -0.05) is 39.3 Å². The van der Waals surface area contributed by atoms with Gasteiger partial charge in [-0.2, -0.15) is 10.4 Å². The lowest BCUT2D eigenvalue weighted by molar-refractivity contribution is 0.0575. The third kappa shape index (κ3) is 7.64. The molecule has 2 atom stereocenters. The van der Waals surface area contributed by atoms with E-state index in [9.17, 15) is 10.1 Å². The normalized spacial score (nSPS) is 19.9. The molecule has 13 heteroatoms. The molecule has 0 radical (unpaired) electrons. The molecule has 1 amide bonds. The van der Waals surface area contributed by atoms with Gasteiger partial charge in [-0.3, -0.25) is 4.90 Å². The van der Waals surface area contributed by atoms with Gasteiger partial charge in [-0.25, -0.2) is 19.4 Å². The van der Waals surface area contributed by atoms with Crippen LogP contribution >= 0.6 is 11.6 Å². The topological polar surface area (TPSA) is 127 Å². The van der Waals surface area contributed by atoms with Gasteiger partial charge in [0.05, 0.1) is 23.6 Å². The standard InChI is InChI=1S/C34H46ClN7O4Si/c1-32(2,3)46-31(43)41-20-34(7,21-45-47(8,9)33(4,5)6)25-15-23(14-24(17-36)29(25)41)26-10-12-37-30(38-26)39-28-16-27(35)40-42(28)18-22-11-13-44-19-22/h10,12,14-16,22H,11,13,18-21H2,1-9H3,(H,37,38,39)/t22-,34+/m0/s1. The number of amides is 1. The Morgan fingerprint density at radius 1 is 1.23 bits per heavy atom. The van der Waals surface area contributed by atoms with Crippen molar-refractivity contribution in [3.63, 3.8) is 0 Å². The van der Waals surface area contributed by atoms with Crippen molar-refractivity contribution in [2.24, 2.45) is 5.92 Å². The van der Waals surface area contributed by atoms with Crippen LogP contribution in [-0.4, -0.2) is 66.1 Å². The first-order valence-electron chi connectivity index (χ1n) is 16.0. The van der Waals surface area contributed by atoms with Crippen LogP contribution < -0.4 is 10.2 Å². The Morgan fingerprint density at radius 3 is 2.62 bits per heavy atom. The monoisotopic (exact) mass is 679 g/mol. The predicted octanol–water partition coefficient (Wildman–Crippen LogP) is 7.68. The molecule has 1 saturated heterocycles. The second-order valence-electron chi connectivity index (χ2n) is 15.4. The van der Waals surface area contributed by atoms with Crippen LogP contribution in [0.4, 0.5) is 22.2 Å². The first-order chi connectivity index (χ1) is 21.9. The summed E-state index contributed by atoms with van der Waals surface area (Å²) in [7, 11) is -2.14. The van der Waals surface area contributed by atoms with Crippen LogP contribution in [0.2, 0.25) is 23.3 Å². The molecule has 2 aliphatic rings. The molecule has 0 unspecified atom stereocenters. The van der Waals surface area contributed by atoms with E-state index in [0.29, 0.717) is 66.1 Å². The quantitative estimate of drug-likeness (QED) is 0.238. The fraction of sp³-hybridized carbons (Fsp3) is 0.559. The van der Waals surface area contributed by atoms with Gasteiger partial charge >= 0.3 is 6.09 Å². The van der Waals surface area contributed by atoms with Crippen molar-refractivity contribution in [2.45, 2.75) is 90.6 Å². The third-order valence-corrected chi connectivity index (χ3v) is 13.9. The number of hydrogen-bond acceptors (Lipinski definition) is 9. The van der Waals surface area contributed by atoms with Crippen LogP contribution in [0.25, 0.3) is 11.3 Å². The number of rotatable bonds is 8. The minimum Gasteiger partial charge on any atom is -0.443 e. The molecule has 1 fully saturated rings. The van der Waals surface area contributed by atoms with E-state index in [1.165, 1.54) is 0 Å². The lowest BCUT2D eigenvalue weighted by Crippen LogP contribution is -2.46. The molecule has 0 saturated carbocycles. The molecular formula is C34H46ClN7O4Si. The van der Waals surface area contributed by atoms with E-state index in [4.69, 9.17) is 30.5 Å². The van der Waals surface area contributed by atoms with Crippen molar-refractivity contribution in [3.05, 3.63) is 46.7 Å². The summed E-state index contributed by atoms with van der Waals surface area (Å²) in [5.74, 6) is 1.39. The van der Waals surface area contributed by atoms with Gasteiger partial charge in [0.25, 0.3) is 0 Å². The highest BCUT2D eigenvalue weighted by Gasteiger charge is 2.47. The number of carbonyl (C=O) groups excluding carboxylic acids is 1.